The number of ether oxygens (including phenoxy) is 2. The quantitative estimate of drug-likeness (QED) is 0.524. The highest BCUT2D eigenvalue weighted by atomic mass is 16.6. The molecule has 1 aromatic carbocycles. The van der Waals surface area contributed by atoms with E-state index in [0.717, 1.165) is 19.3 Å². The van der Waals surface area contributed by atoms with Gasteiger partial charge in [0.1, 0.15) is 11.8 Å². The number of ketones is 1. The van der Waals surface area contributed by atoms with Gasteiger partial charge in [-0.3, -0.25) is 10.1 Å². The van der Waals surface area contributed by atoms with E-state index < -0.39 is 17.9 Å². The number of methoxy groups -OCH3 is 1. The standard InChI is InChI=1S/C20H31NO4/c1-6-7-11-16(14-17(22)15-12-9-8-10-13-15)18(24-5)21-19(23)25-20(2,3)4/h8-10,12-13,16,18H,6-7,11,14H2,1-5H3,(H,21,23)/t16-,18-/m1/s1. The van der Waals surface area contributed by atoms with E-state index >= 15 is 0 Å². The number of nitrogens with one attached hydrogen (secondary N) is 1. The number of Topliss-reactive ketones (excluding diaryl/α,β-unsaturated/α-hetero) is 1. The predicted molar refractivity (Wildman–Crippen MR) is 98.6 cm³/mol. The van der Waals surface area contributed by atoms with Gasteiger partial charge in [0, 0.05) is 25.0 Å². The number of amides is 1. The Bertz CT molecular complexity index is 536. The van der Waals surface area contributed by atoms with Crippen LogP contribution in [0.5, 0.6) is 0 Å². The summed E-state index contributed by atoms with van der Waals surface area (Å²) in [7, 11) is 1.54. The van der Waals surface area contributed by atoms with Crippen LogP contribution in [0, 0.1) is 5.92 Å². The molecule has 5 nitrogen and oxygen atoms in total. The molecule has 1 rings (SSSR count). The van der Waals surface area contributed by atoms with Gasteiger partial charge >= 0.3 is 6.09 Å². The summed E-state index contributed by atoms with van der Waals surface area (Å²) in [6, 6.07) is 9.19. The van der Waals surface area contributed by atoms with Crippen LogP contribution < -0.4 is 5.32 Å². The highest BCUT2D eigenvalue weighted by Gasteiger charge is 2.27. The molecule has 0 radical (unpaired) electrons. The van der Waals surface area contributed by atoms with E-state index in [4.69, 9.17) is 9.47 Å². The molecule has 0 spiro atoms. The van der Waals surface area contributed by atoms with E-state index in [9.17, 15) is 9.59 Å². The average molecular weight is 349 g/mol. The molecule has 0 bridgehead atoms. The first-order valence-electron chi connectivity index (χ1n) is 8.87. The number of benzene rings is 1. The summed E-state index contributed by atoms with van der Waals surface area (Å²) in [4.78, 5) is 24.6. The molecular weight excluding hydrogens is 318 g/mol. The Balaban J connectivity index is 2.79. The lowest BCUT2D eigenvalue weighted by molar-refractivity contribution is -0.00193. The Morgan fingerprint density at radius 1 is 1.16 bits per heavy atom. The Morgan fingerprint density at radius 2 is 1.80 bits per heavy atom. The van der Waals surface area contributed by atoms with Crippen LogP contribution in [0.25, 0.3) is 0 Å². The summed E-state index contributed by atoms with van der Waals surface area (Å²) < 4.78 is 10.8. The average Bonchev–Trinajstić information content (AvgIpc) is 2.55. The lowest BCUT2D eigenvalue weighted by Crippen LogP contribution is -2.44. The van der Waals surface area contributed by atoms with Gasteiger partial charge < -0.3 is 9.47 Å². The maximum Gasteiger partial charge on any atom is 0.409 e. The second-order valence-corrected chi connectivity index (χ2v) is 7.20. The maximum absolute atomic E-state index is 12.6. The van der Waals surface area contributed by atoms with E-state index in [1.54, 1.807) is 0 Å². The molecule has 140 valence electrons. The van der Waals surface area contributed by atoms with Gasteiger partial charge in [0.2, 0.25) is 0 Å². The Kier molecular flexibility index (Phi) is 8.62. The molecule has 0 aliphatic heterocycles. The van der Waals surface area contributed by atoms with Gasteiger partial charge in [-0.05, 0) is 27.2 Å². The zero-order valence-corrected chi connectivity index (χ0v) is 16.0. The second kappa shape index (κ2) is 10.2. The number of unbranched alkanes of at least 4 members (excludes halogenated alkanes) is 1. The molecule has 0 saturated carbocycles. The number of carbonyl (C=O) groups excluding carboxylic acids is 2. The maximum atomic E-state index is 12.6. The van der Waals surface area contributed by atoms with Crippen LogP contribution in [0.15, 0.2) is 30.3 Å². The number of hydrogen-bond donors (Lipinski definition) is 1. The SMILES string of the molecule is CCCC[C@H](CC(=O)c1ccccc1)[C@H](NC(=O)OC(C)(C)C)OC. The fourth-order valence-corrected chi connectivity index (χ4v) is 2.60. The van der Waals surface area contributed by atoms with Crippen molar-refractivity contribution in [2.75, 3.05) is 7.11 Å². The molecule has 0 aliphatic carbocycles. The molecule has 25 heavy (non-hydrogen) atoms. The smallest absolute Gasteiger partial charge is 0.409 e. The normalized spacial score (nSPS) is 13.8. The van der Waals surface area contributed by atoms with Crippen molar-refractivity contribution >= 4 is 11.9 Å². The lowest BCUT2D eigenvalue weighted by Gasteiger charge is -2.28. The van der Waals surface area contributed by atoms with Gasteiger partial charge in [0.05, 0.1) is 0 Å². The van der Waals surface area contributed by atoms with Crippen LogP contribution in [0.1, 0.15) is 63.7 Å². The molecule has 5 heteroatoms. The number of hydrogen-bond acceptors (Lipinski definition) is 4. The van der Waals surface area contributed by atoms with Crippen LogP contribution in [0.2, 0.25) is 0 Å². The minimum absolute atomic E-state index is 0.0507. The Morgan fingerprint density at radius 3 is 2.32 bits per heavy atom. The first-order chi connectivity index (χ1) is 11.8. The fraction of sp³-hybridized carbons (Fsp3) is 0.600. The highest BCUT2D eigenvalue weighted by molar-refractivity contribution is 5.96. The first-order valence-corrected chi connectivity index (χ1v) is 8.87. The van der Waals surface area contributed by atoms with Crippen LogP contribution in [0.3, 0.4) is 0 Å². The van der Waals surface area contributed by atoms with Crippen molar-refractivity contribution < 1.29 is 19.1 Å². The topological polar surface area (TPSA) is 64.6 Å². The summed E-state index contributed by atoms with van der Waals surface area (Å²) in [5, 5.41) is 2.75. The molecule has 0 aromatic heterocycles. The predicted octanol–water partition coefficient (Wildman–Crippen LogP) is 4.56. The van der Waals surface area contributed by atoms with E-state index in [-0.39, 0.29) is 11.7 Å². The number of alkyl carbamates (subject to hydrolysis) is 1. The van der Waals surface area contributed by atoms with Crippen molar-refractivity contribution in [2.24, 2.45) is 5.92 Å². The molecule has 0 heterocycles. The van der Waals surface area contributed by atoms with Crippen LogP contribution >= 0.6 is 0 Å². The lowest BCUT2D eigenvalue weighted by atomic mass is 9.92. The molecule has 0 saturated heterocycles. The second-order valence-electron chi connectivity index (χ2n) is 7.20. The Hall–Kier alpha value is -1.88. The molecule has 1 N–H and O–H groups in total. The van der Waals surface area contributed by atoms with Crippen LogP contribution in [-0.4, -0.2) is 30.8 Å². The summed E-state index contributed by atoms with van der Waals surface area (Å²) in [5.41, 5.74) is 0.0948. The van der Waals surface area contributed by atoms with Crippen molar-refractivity contribution in [1.29, 1.82) is 0 Å². The summed E-state index contributed by atoms with van der Waals surface area (Å²) in [6.07, 6.45) is 1.99. The zero-order valence-electron chi connectivity index (χ0n) is 16.0. The van der Waals surface area contributed by atoms with Crippen molar-refractivity contribution in [1.82, 2.24) is 5.32 Å². The van der Waals surface area contributed by atoms with E-state index in [1.807, 2.05) is 51.1 Å². The number of carbonyl (C=O) groups is 2. The first kappa shape index (κ1) is 21.2. The fourth-order valence-electron chi connectivity index (χ4n) is 2.60. The Labute approximate surface area is 151 Å². The number of rotatable bonds is 9. The van der Waals surface area contributed by atoms with Gasteiger partial charge in [-0.25, -0.2) is 4.79 Å². The largest absolute Gasteiger partial charge is 0.444 e. The highest BCUT2D eigenvalue weighted by Crippen LogP contribution is 2.21. The van der Waals surface area contributed by atoms with Crippen molar-refractivity contribution in [2.45, 2.75) is 65.2 Å². The van der Waals surface area contributed by atoms with Crippen LogP contribution in [0.4, 0.5) is 4.79 Å². The van der Waals surface area contributed by atoms with Gasteiger partial charge in [0.25, 0.3) is 0 Å². The minimum atomic E-state index is -0.582. The van der Waals surface area contributed by atoms with Crippen LogP contribution in [-0.2, 0) is 9.47 Å². The molecule has 0 unspecified atom stereocenters. The van der Waals surface area contributed by atoms with Crippen molar-refractivity contribution in [3.05, 3.63) is 35.9 Å². The van der Waals surface area contributed by atoms with Gasteiger partial charge in [0.15, 0.2) is 5.78 Å². The third kappa shape index (κ3) is 8.16. The monoisotopic (exact) mass is 349 g/mol. The molecule has 2 atom stereocenters. The van der Waals surface area contributed by atoms with Gasteiger partial charge in [-0.1, -0.05) is 50.1 Å². The molecule has 0 fully saturated rings. The third-order valence-electron chi connectivity index (χ3n) is 3.81. The summed E-state index contributed by atoms with van der Waals surface area (Å²) >= 11 is 0. The molecule has 1 amide bonds. The van der Waals surface area contributed by atoms with Crippen molar-refractivity contribution in [3.63, 3.8) is 0 Å². The van der Waals surface area contributed by atoms with E-state index in [0.29, 0.717) is 12.0 Å². The summed E-state index contributed by atoms with van der Waals surface area (Å²) in [5.74, 6) is -0.0556. The van der Waals surface area contributed by atoms with E-state index in [2.05, 4.69) is 12.2 Å². The minimum Gasteiger partial charge on any atom is -0.444 e. The van der Waals surface area contributed by atoms with Gasteiger partial charge in [-0.2, -0.15) is 0 Å². The molecular formula is C20H31NO4. The van der Waals surface area contributed by atoms with Gasteiger partial charge in [-0.15, -0.1) is 0 Å². The zero-order chi connectivity index (χ0) is 18.9. The van der Waals surface area contributed by atoms with E-state index in [1.165, 1.54) is 7.11 Å². The van der Waals surface area contributed by atoms with Crippen molar-refractivity contribution in [3.8, 4) is 0 Å². The third-order valence-corrected chi connectivity index (χ3v) is 3.81. The summed E-state index contributed by atoms with van der Waals surface area (Å²) in [6.45, 7) is 7.52. The molecule has 0 aliphatic rings. The molecule has 1 aromatic rings.